The van der Waals surface area contributed by atoms with E-state index in [1.165, 1.54) is 24.2 Å². The number of likely N-dealkylation sites (tertiary alicyclic amines) is 1. The zero-order chi connectivity index (χ0) is 10.7. The van der Waals surface area contributed by atoms with Gasteiger partial charge in [-0.05, 0) is 25.9 Å². The third-order valence-corrected chi connectivity index (χ3v) is 3.31. The molecule has 0 radical (unpaired) electrons. The Kier molecular flexibility index (Phi) is 3.30. The maximum absolute atomic E-state index is 11.2. The number of carbonyl (C=O) groups excluding carboxylic acids is 1. The first-order valence-electron chi connectivity index (χ1n) is 4.97. The monoisotopic (exact) mass is 226 g/mol. The van der Waals surface area contributed by atoms with Crippen LogP contribution in [0, 0.1) is 0 Å². The predicted molar refractivity (Wildman–Crippen MR) is 58.3 cm³/mol. The quantitative estimate of drug-likeness (QED) is 0.443. The smallest absolute Gasteiger partial charge is 0.284 e. The number of nitrogens with two attached hydrogens (primary N) is 1. The standard InChI is InChI=1S/C9H14N4OS/c10-12-9(14)7-6-15-8(11-7)5-13-3-1-2-4-13/h6H,1-5,10H2,(H,12,14). The van der Waals surface area contributed by atoms with Gasteiger partial charge in [-0.2, -0.15) is 0 Å². The number of amides is 1. The average molecular weight is 226 g/mol. The molecular formula is C9H14N4OS. The minimum atomic E-state index is -0.320. The Balaban J connectivity index is 1.97. The summed E-state index contributed by atoms with van der Waals surface area (Å²) in [5.41, 5.74) is 2.49. The number of nitrogens with zero attached hydrogens (tertiary/aromatic N) is 2. The van der Waals surface area contributed by atoms with Crippen molar-refractivity contribution in [2.75, 3.05) is 13.1 Å². The first-order valence-corrected chi connectivity index (χ1v) is 5.85. The Bertz CT molecular complexity index is 346. The second-order valence-corrected chi connectivity index (χ2v) is 4.53. The molecule has 1 aromatic rings. The van der Waals surface area contributed by atoms with E-state index in [0.29, 0.717) is 5.69 Å². The summed E-state index contributed by atoms with van der Waals surface area (Å²) >= 11 is 1.51. The molecule has 15 heavy (non-hydrogen) atoms. The topological polar surface area (TPSA) is 71.2 Å². The number of nitrogen functional groups attached to an aromatic ring is 1. The van der Waals surface area contributed by atoms with Crippen molar-refractivity contribution >= 4 is 17.2 Å². The summed E-state index contributed by atoms with van der Waals surface area (Å²) in [7, 11) is 0. The summed E-state index contributed by atoms with van der Waals surface area (Å²) in [6.45, 7) is 3.12. The van der Waals surface area contributed by atoms with Gasteiger partial charge in [-0.3, -0.25) is 15.1 Å². The van der Waals surface area contributed by atoms with Gasteiger partial charge >= 0.3 is 0 Å². The van der Waals surface area contributed by atoms with Gasteiger partial charge in [0.1, 0.15) is 10.7 Å². The molecule has 2 heterocycles. The fourth-order valence-electron chi connectivity index (χ4n) is 1.69. The lowest BCUT2D eigenvalue weighted by Crippen LogP contribution is -2.30. The molecule has 1 amide bonds. The van der Waals surface area contributed by atoms with Crippen LogP contribution in [0.15, 0.2) is 5.38 Å². The third kappa shape index (κ3) is 2.53. The number of hydrazine groups is 1. The predicted octanol–water partition coefficient (Wildman–Crippen LogP) is 0.342. The van der Waals surface area contributed by atoms with Crippen molar-refractivity contribution in [3.63, 3.8) is 0 Å². The van der Waals surface area contributed by atoms with Crippen LogP contribution in [-0.4, -0.2) is 28.9 Å². The molecule has 0 saturated carbocycles. The van der Waals surface area contributed by atoms with Crippen LogP contribution in [-0.2, 0) is 6.54 Å². The molecule has 2 rings (SSSR count). The van der Waals surface area contributed by atoms with Crippen molar-refractivity contribution in [2.24, 2.45) is 5.84 Å². The minimum absolute atomic E-state index is 0.320. The largest absolute Gasteiger partial charge is 0.297 e. The molecule has 1 aromatic heterocycles. The van der Waals surface area contributed by atoms with Gasteiger partial charge in [-0.15, -0.1) is 11.3 Å². The van der Waals surface area contributed by atoms with Crippen molar-refractivity contribution in [1.29, 1.82) is 0 Å². The van der Waals surface area contributed by atoms with Gasteiger partial charge in [-0.1, -0.05) is 0 Å². The molecule has 0 spiro atoms. The Morgan fingerprint density at radius 2 is 2.33 bits per heavy atom. The highest BCUT2D eigenvalue weighted by atomic mass is 32.1. The second-order valence-electron chi connectivity index (χ2n) is 3.58. The van der Waals surface area contributed by atoms with Crippen molar-refractivity contribution in [1.82, 2.24) is 15.3 Å². The van der Waals surface area contributed by atoms with E-state index >= 15 is 0 Å². The molecule has 1 aliphatic heterocycles. The van der Waals surface area contributed by atoms with Crippen LogP contribution in [0.2, 0.25) is 0 Å². The van der Waals surface area contributed by atoms with Crippen molar-refractivity contribution in [3.05, 3.63) is 16.1 Å². The number of nitrogens with one attached hydrogen (secondary N) is 1. The fourth-order valence-corrected chi connectivity index (χ4v) is 2.51. The summed E-state index contributed by atoms with van der Waals surface area (Å²) in [5.74, 6) is 4.71. The molecule has 5 nitrogen and oxygen atoms in total. The number of aromatic nitrogens is 1. The molecule has 0 bridgehead atoms. The molecule has 82 valence electrons. The van der Waals surface area contributed by atoms with Crippen LogP contribution in [0.4, 0.5) is 0 Å². The Morgan fingerprint density at radius 3 is 3.00 bits per heavy atom. The number of hydrogen-bond acceptors (Lipinski definition) is 5. The first-order chi connectivity index (χ1) is 7.29. The van der Waals surface area contributed by atoms with Crippen LogP contribution in [0.1, 0.15) is 28.3 Å². The van der Waals surface area contributed by atoms with E-state index in [1.54, 1.807) is 5.38 Å². The highest BCUT2D eigenvalue weighted by Gasteiger charge is 2.15. The summed E-state index contributed by atoms with van der Waals surface area (Å²) in [4.78, 5) is 17.7. The second kappa shape index (κ2) is 4.69. The Labute approximate surface area is 92.3 Å². The summed E-state index contributed by atoms with van der Waals surface area (Å²) in [5, 5.41) is 2.73. The van der Waals surface area contributed by atoms with Crippen LogP contribution in [0.25, 0.3) is 0 Å². The van der Waals surface area contributed by atoms with E-state index in [4.69, 9.17) is 5.84 Å². The lowest BCUT2D eigenvalue weighted by molar-refractivity contribution is 0.0949. The molecule has 3 N–H and O–H groups in total. The van der Waals surface area contributed by atoms with E-state index in [9.17, 15) is 4.79 Å². The number of hydrogen-bond donors (Lipinski definition) is 2. The average Bonchev–Trinajstić information content (AvgIpc) is 2.88. The van der Waals surface area contributed by atoms with Crippen LogP contribution >= 0.6 is 11.3 Å². The van der Waals surface area contributed by atoms with Gasteiger partial charge in [-0.25, -0.2) is 10.8 Å². The number of thiazole rings is 1. The third-order valence-electron chi connectivity index (χ3n) is 2.47. The maximum atomic E-state index is 11.2. The highest BCUT2D eigenvalue weighted by molar-refractivity contribution is 7.09. The van der Waals surface area contributed by atoms with Crippen LogP contribution < -0.4 is 11.3 Å². The summed E-state index contributed by atoms with van der Waals surface area (Å²) < 4.78 is 0. The molecule has 0 aromatic carbocycles. The van der Waals surface area contributed by atoms with E-state index in [1.807, 2.05) is 0 Å². The van der Waals surface area contributed by atoms with E-state index in [0.717, 1.165) is 24.6 Å². The molecular weight excluding hydrogens is 212 g/mol. The lowest BCUT2D eigenvalue weighted by Gasteiger charge is -2.11. The van der Waals surface area contributed by atoms with E-state index in [2.05, 4.69) is 15.3 Å². The van der Waals surface area contributed by atoms with Crippen molar-refractivity contribution < 1.29 is 4.79 Å². The molecule has 6 heteroatoms. The number of carbonyl (C=O) groups is 1. The first kappa shape index (κ1) is 10.5. The molecule has 0 atom stereocenters. The molecule has 1 fully saturated rings. The number of rotatable bonds is 3. The van der Waals surface area contributed by atoms with E-state index < -0.39 is 0 Å². The minimum Gasteiger partial charge on any atom is -0.297 e. The fraction of sp³-hybridized carbons (Fsp3) is 0.556. The van der Waals surface area contributed by atoms with Gasteiger partial charge in [0.2, 0.25) is 0 Å². The SMILES string of the molecule is NNC(=O)c1csc(CN2CCCC2)n1. The molecule has 1 aliphatic rings. The zero-order valence-corrected chi connectivity index (χ0v) is 9.22. The van der Waals surface area contributed by atoms with Crippen LogP contribution in [0.5, 0.6) is 0 Å². The highest BCUT2D eigenvalue weighted by Crippen LogP contribution is 2.16. The zero-order valence-electron chi connectivity index (χ0n) is 8.40. The normalized spacial score (nSPS) is 16.9. The van der Waals surface area contributed by atoms with Crippen molar-refractivity contribution in [3.8, 4) is 0 Å². The van der Waals surface area contributed by atoms with Gasteiger partial charge in [0.15, 0.2) is 0 Å². The van der Waals surface area contributed by atoms with E-state index in [-0.39, 0.29) is 5.91 Å². The van der Waals surface area contributed by atoms with Crippen molar-refractivity contribution in [2.45, 2.75) is 19.4 Å². The Morgan fingerprint density at radius 1 is 1.60 bits per heavy atom. The van der Waals surface area contributed by atoms with Crippen LogP contribution in [0.3, 0.4) is 0 Å². The van der Waals surface area contributed by atoms with Gasteiger partial charge in [0.05, 0.1) is 6.54 Å². The van der Waals surface area contributed by atoms with Gasteiger partial charge < -0.3 is 0 Å². The molecule has 0 unspecified atom stereocenters. The molecule has 1 saturated heterocycles. The maximum Gasteiger partial charge on any atom is 0.284 e. The Hall–Kier alpha value is -0.980. The summed E-state index contributed by atoms with van der Waals surface area (Å²) in [6, 6.07) is 0. The summed E-state index contributed by atoms with van der Waals surface area (Å²) in [6.07, 6.45) is 2.53. The van der Waals surface area contributed by atoms with Gasteiger partial charge in [0.25, 0.3) is 5.91 Å². The molecule has 0 aliphatic carbocycles. The van der Waals surface area contributed by atoms with Gasteiger partial charge in [0, 0.05) is 5.38 Å². The lowest BCUT2D eigenvalue weighted by atomic mass is 10.4.